The van der Waals surface area contributed by atoms with Gasteiger partial charge >= 0.3 is 0 Å². The first-order valence-electron chi connectivity index (χ1n) is 10.1. The summed E-state index contributed by atoms with van der Waals surface area (Å²) in [4.78, 5) is 19.8. The van der Waals surface area contributed by atoms with Crippen LogP contribution in [0.15, 0.2) is 34.9 Å². The number of likely N-dealkylation sites (tertiary alicyclic amines) is 1. The summed E-state index contributed by atoms with van der Waals surface area (Å²) in [6, 6.07) is 7.82. The van der Waals surface area contributed by atoms with Gasteiger partial charge in [0.1, 0.15) is 5.82 Å². The van der Waals surface area contributed by atoms with Crippen LogP contribution in [-0.2, 0) is 0 Å². The van der Waals surface area contributed by atoms with Crippen LogP contribution < -0.4 is 5.32 Å². The van der Waals surface area contributed by atoms with E-state index >= 15 is 0 Å². The molecule has 0 atom stereocenters. The molecule has 1 amide bonds. The topological polar surface area (TPSA) is 71.3 Å². The lowest BCUT2D eigenvalue weighted by molar-refractivity contribution is 0.0692. The fourth-order valence-corrected chi connectivity index (χ4v) is 3.89. The van der Waals surface area contributed by atoms with Crippen LogP contribution >= 0.6 is 0 Å². The molecular weight excluding hydrogens is 371 g/mol. The molecule has 1 aliphatic heterocycles. The molecule has 0 unspecified atom stereocenters. The van der Waals surface area contributed by atoms with E-state index in [9.17, 15) is 9.18 Å². The summed E-state index contributed by atoms with van der Waals surface area (Å²) in [6.07, 6.45) is 1.97. The summed E-state index contributed by atoms with van der Waals surface area (Å²) in [6.45, 7) is 7.34. The van der Waals surface area contributed by atoms with Crippen molar-refractivity contribution < 1.29 is 13.7 Å². The first-order chi connectivity index (χ1) is 14.1. The number of carbonyl (C=O) groups excluding carboxylic acids is 1. The second-order valence-corrected chi connectivity index (χ2v) is 7.55. The molecule has 1 aliphatic rings. The lowest BCUT2D eigenvalue weighted by atomic mass is 9.95. The molecule has 1 fully saturated rings. The monoisotopic (exact) mass is 396 g/mol. The normalized spacial score (nSPS) is 15.2. The first-order valence-corrected chi connectivity index (χ1v) is 10.1. The Morgan fingerprint density at radius 2 is 2.00 bits per heavy atom. The number of nitrogens with zero attached hydrogens (tertiary/aromatic N) is 3. The molecule has 4 rings (SSSR count). The van der Waals surface area contributed by atoms with Crippen molar-refractivity contribution in [2.45, 2.75) is 26.7 Å². The number of hydrogen-bond donors (Lipinski definition) is 1. The van der Waals surface area contributed by atoms with Gasteiger partial charge in [0, 0.05) is 18.7 Å². The molecular formula is C22H25FN4O2. The number of aryl methyl sites for hydroxylation is 1. The second-order valence-electron chi connectivity index (χ2n) is 7.55. The second kappa shape index (κ2) is 8.29. The van der Waals surface area contributed by atoms with Crippen molar-refractivity contribution in [3.05, 3.63) is 47.4 Å². The molecule has 1 saturated heterocycles. The number of carbonyl (C=O) groups is 1. The van der Waals surface area contributed by atoms with Crippen LogP contribution in [0.2, 0.25) is 0 Å². The maximum Gasteiger partial charge on any atom is 0.259 e. The highest BCUT2D eigenvalue weighted by molar-refractivity contribution is 6.07. The summed E-state index contributed by atoms with van der Waals surface area (Å²) < 4.78 is 18.7. The minimum absolute atomic E-state index is 0.0334. The van der Waals surface area contributed by atoms with Gasteiger partial charge < -0.3 is 14.7 Å². The number of halogens is 1. The van der Waals surface area contributed by atoms with Crippen molar-refractivity contribution >= 4 is 17.0 Å². The molecule has 6 nitrogen and oxygen atoms in total. The van der Waals surface area contributed by atoms with Crippen molar-refractivity contribution in [1.29, 1.82) is 0 Å². The summed E-state index contributed by atoms with van der Waals surface area (Å²) >= 11 is 0. The molecule has 1 N–H and O–H groups in total. The number of nitrogens with one attached hydrogen (secondary N) is 1. The maximum atomic E-state index is 13.4. The van der Waals surface area contributed by atoms with Crippen LogP contribution in [-0.4, -0.2) is 47.1 Å². The average molecular weight is 396 g/mol. The molecule has 29 heavy (non-hydrogen) atoms. The predicted molar refractivity (Wildman–Crippen MR) is 109 cm³/mol. The van der Waals surface area contributed by atoms with Crippen molar-refractivity contribution in [2.24, 2.45) is 5.92 Å². The number of hydrogen-bond acceptors (Lipinski definition) is 5. The zero-order valence-electron chi connectivity index (χ0n) is 16.7. The Morgan fingerprint density at radius 3 is 2.69 bits per heavy atom. The average Bonchev–Trinajstić information content (AvgIpc) is 3.13. The lowest BCUT2D eigenvalue weighted by Crippen LogP contribution is -2.40. The Kier molecular flexibility index (Phi) is 5.58. The van der Waals surface area contributed by atoms with Gasteiger partial charge in [-0.3, -0.25) is 4.79 Å². The molecule has 0 radical (unpaired) electrons. The minimum Gasteiger partial charge on any atom is -0.339 e. The Labute approximate surface area is 169 Å². The van der Waals surface area contributed by atoms with Crippen LogP contribution in [0.5, 0.6) is 0 Å². The first kappa shape index (κ1) is 19.5. The molecule has 0 bridgehead atoms. The highest BCUT2D eigenvalue weighted by atomic mass is 19.1. The molecule has 0 spiro atoms. The Morgan fingerprint density at radius 1 is 1.28 bits per heavy atom. The van der Waals surface area contributed by atoms with Gasteiger partial charge in [-0.1, -0.05) is 12.1 Å². The van der Waals surface area contributed by atoms with Crippen LogP contribution in [0.1, 0.15) is 35.8 Å². The number of benzene rings is 1. The van der Waals surface area contributed by atoms with E-state index in [1.165, 1.54) is 12.1 Å². The van der Waals surface area contributed by atoms with Crippen LogP contribution in [0.4, 0.5) is 4.39 Å². The number of piperidine rings is 1. The van der Waals surface area contributed by atoms with E-state index in [0.717, 1.165) is 44.6 Å². The summed E-state index contributed by atoms with van der Waals surface area (Å²) in [5, 5.41) is 8.04. The summed E-state index contributed by atoms with van der Waals surface area (Å²) in [7, 11) is 0. The van der Waals surface area contributed by atoms with Gasteiger partial charge in [-0.2, -0.15) is 0 Å². The van der Waals surface area contributed by atoms with Gasteiger partial charge in [-0.15, -0.1) is 0 Å². The predicted octanol–water partition coefficient (Wildman–Crippen LogP) is 3.80. The minimum atomic E-state index is -0.318. The third-order valence-corrected chi connectivity index (χ3v) is 5.57. The molecule has 2 aromatic heterocycles. The lowest BCUT2D eigenvalue weighted by Gasteiger charge is -2.32. The molecule has 1 aromatic carbocycles. The highest BCUT2D eigenvalue weighted by Gasteiger charge is 2.27. The van der Waals surface area contributed by atoms with E-state index in [1.54, 1.807) is 18.2 Å². The van der Waals surface area contributed by atoms with Crippen molar-refractivity contribution in [3.63, 3.8) is 0 Å². The zero-order valence-corrected chi connectivity index (χ0v) is 16.7. The Hall–Kier alpha value is -2.80. The van der Waals surface area contributed by atoms with Crippen LogP contribution in [0.25, 0.3) is 22.4 Å². The van der Waals surface area contributed by atoms with E-state index in [1.807, 2.05) is 11.8 Å². The fourth-order valence-electron chi connectivity index (χ4n) is 3.89. The Bertz CT molecular complexity index is 1010. The maximum absolute atomic E-state index is 13.4. The summed E-state index contributed by atoms with van der Waals surface area (Å²) in [5.74, 6) is 0.250. The smallest absolute Gasteiger partial charge is 0.259 e. The van der Waals surface area contributed by atoms with Gasteiger partial charge in [0.25, 0.3) is 11.6 Å². The number of amides is 1. The molecule has 0 saturated carbocycles. The summed E-state index contributed by atoms with van der Waals surface area (Å²) in [5.41, 5.74) is 2.80. The van der Waals surface area contributed by atoms with E-state index in [2.05, 4.69) is 22.4 Å². The molecule has 152 valence electrons. The molecule has 3 heterocycles. The third-order valence-electron chi connectivity index (χ3n) is 5.57. The largest absolute Gasteiger partial charge is 0.339 e. The van der Waals surface area contributed by atoms with Gasteiger partial charge in [0.05, 0.1) is 22.3 Å². The third kappa shape index (κ3) is 4.00. The molecule has 0 aliphatic carbocycles. The number of aromatic nitrogens is 2. The quantitative estimate of drug-likeness (QED) is 0.710. The van der Waals surface area contributed by atoms with Crippen molar-refractivity contribution in [1.82, 2.24) is 20.4 Å². The zero-order chi connectivity index (χ0) is 20.4. The standard InChI is InChI=1S/C22H25FN4O2/c1-3-24-13-15-8-10-27(11-9-15)22(28)18-12-19(16-4-6-17(23)7-5-16)25-21-20(18)14(2)26-29-21/h4-7,12,15,24H,3,8-11,13H2,1-2H3. The van der Waals surface area contributed by atoms with Gasteiger partial charge in [0.2, 0.25) is 0 Å². The SMILES string of the molecule is CCNCC1CCN(C(=O)c2cc(-c3ccc(F)cc3)nc3onc(C)c23)CC1. The highest BCUT2D eigenvalue weighted by Crippen LogP contribution is 2.29. The van der Waals surface area contributed by atoms with E-state index in [4.69, 9.17) is 4.52 Å². The number of rotatable bonds is 5. The van der Waals surface area contributed by atoms with E-state index < -0.39 is 0 Å². The van der Waals surface area contributed by atoms with E-state index in [0.29, 0.717) is 34.0 Å². The van der Waals surface area contributed by atoms with Gasteiger partial charge in [-0.05, 0) is 69.1 Å². The van der Waals surface area contributed by atoms with Crippen molar-refractivity contribution in [3.8, 4) is 11.3 Å². The molecule has 7 heteroatoms. The van der Waals surface area contributed by atoms with Crippen LogP contribution in [0, 0.1) is 18.7 Å². The fraction of sp³-hybridized carbons (Fsp3) is 0.409. The Balaban J connectivity index is 1.64. The van der Waals surface area contributed by atoms with Gasteiger partial charge in [0.15, 0.2) is 0 Å². The van der Waals surface area contributed by atoms with Crippen LogP contribution in [0.3, 0.4) is 0 Å². The van der Waals surface area contributed by atoms with Crippen molar-refractivity contribution in [2.75, 3.05) is 26.2 Å². The molecule has 3 aromatic rings. The van der Waals surface area contributed by atoms with E-state index in [-0.39, 0.29) is 11.7 Å². The number of fused-ring (bicyclic) bond motifs is 1. The number of pyridine rings is 1. The van der Waals surface area contributed by atoms with Gasteiger partial charge in [-0.25, -0.2) is 9.37 Å².